The van der Waals surface area contributed by atoms with Gasteiger partial charge in [0.2, 0.25) is 0 Å². The highest BCUT2D eigenvalue weighted by Gasteiger charge is 2.17. The fraction of sp³-hybridized carbons (Fsp3) is 0.208. The van der Waals surface area contributed by atoms with Crippen LogP contribution in [0, 0.1) is 13.8 Å². The number of hydrogen-bond acceptors (Lipinski definition) is 5. The minimum atomic E-state index is -0.166. The summed E-state index contributed by atoms with van der Waals surface area (Å²) in [5.74, 6) is 2.53. The minimum absolute atomic E-state index is 0.166. The lowest BCUT2D eigenvalue weighted by molar-refractivity contribution is 0.0949. The van der Waals surface area contributed by atoms with Crippen molar-refractivity contribution in [3.8, 4) is 28.6 Å². The summed E-state index contributed by atoms with van der Waals surface area (Å²) >= 11 is 0. The lowest BCUT2D eigenvalue weighted by Crippen LogP contribution is -2.24. The SMILES string of the molecule is COc1ccc(-c2n[nH]c(CNC(=O)c3cc(C)n(-c4ccc(OC)cc4)c3C)n2)cc1. The van der Waals surface area contributed by atoms with Gasteiger partial charge in [0.05, 0.1) is 26.3 Å². The molecule has 0 aliphatic carbocycles. The molecule has 0 saturated heterocycles. The summed E-state index contributed by atoms with van der Waals surface area (Å²) in [6.45, 7) is 4.15. The molecule has 8 heteroatoms. The average Bonchev–Trinajstić information content (AvgIpc) is 3.42. The average molecular weight is 431 g/mol. The number of amides is 1. The molecule has 8 nitrogen and oxygen atoms in total. The number of ether oxygens (including phenoxy) is 2. The van der Waals surface area contributed by atoms with Crippen molar-refractivity contribution in [2.45, 2.75) is 20.4 Å². The van der Waals surface area contributed by atoms with Crippen LogP contribution in [0.1, 0.15) is 27.6 Å². The van der Waals surface area contributed by atoms with Crippen LogP contribution in [0.4, 0.5) is 0 Å². The number of nitrogens with one attached hydrogen (secondary N) is 2. The molecule has 32 heavy (non-hydrogen) atoms. The maximum Gasteiger partial charge on any atom is 0.253 e. The molecule has 0 aliphatic heterocycles. The summed E-state index contributed by atoms with van der Waals surface area (Å²) in [7, 11) is 3.26. The van der Waals surface area contributed by atoms with Gasteiger partial charge in [0.15, 0.2) is 5.82 Å². The molecular formula is C24H25N5O3. The maximum absolute atomic E-state index is 12.9. The molecule has 0 fully saturated rings. The van der Waals surface area contributed by atoms with E-state index in [1.165, 1.54) is 0 Å². The van der Waals surface area contributed by atoms with Gasteiger partial charge in [-0.3, -0.25) is 9.89 Å². The van der Waals surface area contributed by atoms with Gasteiger partial charge in [0.1, 0.15) is 17.3 Å². The summed E-state index contributed by atoms with van der Waals surface area (Å²) in [6.07, 6.45) is 0. The smallest absolute Gasteiger partial charge is 0.253 e. The van der Waals surface area contributed by atoms with Gasteiger partial charge < -0.3 is 19.4 Å². The van der Waals surface area contributed by atoms with Crippen molar-refractivity contribution in [3.05, 3.63) is 77.4 Å². The van der Waals surface area contributed by atoms with E-state index < -0.39 is 0 Å². The predicted octanol–water partition coefficient (Wildman–Crippen LogP) is 3.83. The Morgan fingerprint density at radius 1 is 1.00 bits per heavy atom. The van der Waals surface area contributed by atoms with Crippen molar-refractivity contribution in [1.29, 1.82) is 0 Å². The Balaban J connectivity index is 1.46. The molecule has 2 heterocycles. The van der Waals surface area contributed by atoms with Crippen molar-refractivity contribution < 1.29 is 14.3 Å². The molecule has 4 aromatic rings. The third kappa shape index (κ3) is 4.20. The fourth-order valence-electron chi connectivity index (χ4n) is 3.62. The number of carbonyl (C=O) groups excluding carboxylic acids is 1. The quantitative estimate of drug-likeness (QED) is 0.464. The Morgan fingerprint density at radius 2 is 1.62 bits per heavy atom. The molecule has 0 spiro atoms. The van der Waals surface area contributed by atoms with Crippen LogP contribution in [-0.4, -0.2) is 39.9 Å². The van der Waals surface area contributed by atoms with Gasteiger partial charge in [-0.2, -0.15) is 5.10 Å². The van der Waals surface area contributed by atoms with E-state index in [0.29, 0.717) is 17.2 Å². The largest absolute Gasteiger partial charge is 0.497 e. The fourth-order valence-corrected chi connectivity index (χ4v) is 3.62. The number of rotatable bonds is 7. The normalized spacial score (nSPS) is 10.8. The van der Waals surface area contributed by atoms with Crippen molar-refractivity contribution in [2.75, 3.05) is 14.2 Å². The van der Waals surface area contributed by atoms with Crippen molar-refractivity contribution in [2.24, 2.45) is 0 Å². The van der Waals surface area contributed by atoms with Crippen LogP contribution in [-0.2, 0) is 6.54 Å². The third-order valence-corrected chi connectivity index (χ3v) is 5.30. The highest BCUT2D eigenvalue weighted by Crippen LogP contribution is 2.23. The summed E-state index contributed by atoms with van der Waals surface area (Å²) < 4.78 is 12.4. The molecule has 0 atom stereocenters. The van der Waals surface area contributed by atoms with Crippen molar-refractivity contribution >= 4 is 5.91 Å². The number of nitrogens with zero attached hydrogens (tertiary/aromatic N) is 3. The van der Waals surface area contributed by atoms with E-state index in [1.54, 1.807) is 14.2 Å². The number of carbonyl (C=O) groups is 1. The second-order valence-corrected chi connectivity index (χ2v) is 7.34. The second kappa shape index (κ2) is 8.97. The summed E-state index contributed by atoms with van der Waals surface area (Å²) in [4.78, 5) is 17.3. The van der Waals surface area contributed by atoms with Gasteiger partial charge in [0, 0.05) is 22.6 Å². The van der Waals surface area contributed by atoms with Crippen LogP contribution in [0.3, 0.4) is 0 Å². The Hall–Kier alpha value is -4.07. The number of benzene rings is 2. The molecule has 0 aliphatic rings. The number of H-pyrrole nitrogens is 1. The van der Waals surface area contributed by atoms with E-state index in [1.807, 2.05) is 73.0 Å². The number of aryl methyl sites for hydroxylation is 1. The van der Waals surface area contributed by atoms with Gasteiger partial charge in [0.25, 0.3) is 5.91 Å². The number of hydrogen-bond donors (Lipinski definition) is 2. The first kappa shape index (κ1) is 21.2. The first-order valence-electron chi connectivity index (χ1n) is 10.2. The van der Waals surface area contributed by atoms with Crippen LogP contribution in [0.15, 0.2) is 54.6 Å². The van der Waals surface area contributed by atoms with E-state index in [0.717, 1.165) is 34.1 Å². The Kier molecular flexibility index (Phi) is 5.93. The molecule has 0 unspecified atom stereocenters. The van der Waals surface area contributed by atoms with E-state index in [9.17, 15) is 4.79 Å². The number of aromatic nitrogens is 4. The third-order valence-electron chi connectivity index (χ3n) is 5.30. The molecule has 2 aromatic carbocycles. The highest BCUT2D eigenvalue weighted by molar-refractivity contribution is 5.95. The lowest BCUT2D eigenvalue weighted by Gasteiger charge is -2.11. The van der Waals surface area contributed by atoms with E-state index >= 15 is 0 Å². The zero-order chi connectivity index (χ0) is 22.7. The number of methoxy groups -OCH3 is 2. The Labute approximate surface area is 186 Å². The predicted molar refractivity (Wildman–Crippen MR) is 121 cm³/mol. The minimum Gasteiger partial charge on any atom is -0.497 e. The van der Waals surface area contributed by atoms with E-state index in [-0.39, 0.29) is 12.5 Å². The molecule has 0 saturated carbocycles. The summed E-state index contributed by atoms with van der Waals surface area (Å²) in [5, 5.41) is 10.0. The molecule has 4 rings (SSSR count). The molecule has 0 radical (unpaired) electrons. The van der Waals surface area contributed by atoms with Crippen LogP contribution < -0.4 is 14.8 Å². The zero-order valence-electron chi connectivity index (χ0n) is 18.5. The highest BCUT2D eigenvalue weighted by atomic mass is 16.5. The van der Waals surface area contributed by atoms with Gasteiger partial charge in [-0.15, -0.1) is 0 Å². The Morgan fingerprint density at radius 3 is 2.25 bits per heavy atom. The number of aromatic amines is 1. The molecule has 2 aromatic heterocycles. The molecule has 1 amide bonds. The van der Waals surface area contributed by atoms with Gasteiger partial charge in [-0.05, 0) is 68.4 Å². The van der Waals surface area contributed by atoms with E-state index in [2.05, 4.69) is 20.5 Å². The van der Waals surface area contributed by atoms with Gasteiger partial charge >= 0.3 is 0 Å². The van der Waals surface area contributed by atoms with Gasteiger partial charge in [-0.25, -0.2) is 4.98 Å². The monoisotopic (exact) mass is 431 g/mol. The zero-order valence-corrected chi connectivity index (χ0v) is 18.5. The topological polar surface area (TPSA) is 94.1 Å². The molecule has 164 valence electrons. The van der Waals surface area contributed by atoms with Gasteiger partial charge in [-0.1, -0.05) is 0 Å². The van der Waals surface area contributed by atoms with Crippen LogP contribution in [0.5, 0.6) is 11.5 Å². The Bertz CT molecular complexity index is 1220. The van der Waals surface area contributed by atoms with Crippen molar-refractivity contribution in [1.82, 2.24) is 25.1 Å². The van der Waals surface area contributed by atoms with Crippen molar-refractivity contribution in [3.63, 3.8) is 0 Å². The maximum atomic E-state index is 12.9. The molecule has 0 bridgehead atoms. The van der Waals surface area contributed by atoms with Crippen LogP contribution in [0.25, 0.3) is 17.1 Å². The van der Waals surface area contributed by atoms with Crippen LogP contribution in [0.2, 0.25) is 0 Å². The first-order chi connectivity index (χ1) is 15.5. The standard InChI is InChI=1S/C24H25N5O3/c1-15-13-21(16(2)29(15)18-7-11-20(32-4)12-8-18)24(30)25-14-22-26-23(28-27-22)17-5-9-19(31-3)10-6-17/h5-13H,14H2,1-4H3,(H,25,30)(H,26,27,28). The second-order valence-electron chi connectivity index (χ2n) is 7.34. The van der Waals surface area contributed by atoms with E-state index in [4.69, 9.17) is 9.47 Å². The summed E-state index contributed by atoms with van der Waals surface area (Å²) in [5.41, 5.74) is 4.29. The first-order valence-corrected chi connectivity index (χ1v) is 10.2. The molecule has 2 N–H and O–H groups in total. The van der Waals surface area contributed by atoms with Crippen LogP contribution >= 0.6 is 0 Å². The summed E-state index contributed by atoms with van der Waals surface area (Å²) in [6, 6.07) is 17.1. The molecular weight excluding hydrogens is 406 g/mol. The lowest BCUT2D eigenvalue weighted by atomic mass is 10.2.